The van der Waals surface area contributed by atoms with Crippen molar-refractivity contribution in [2.75, 3.05) is 13.1 Å². The third kappa shape index (κ3) is 8.48. The molecule has 0 saturated carbocycles. The van der Waals surface area contributed by atoms with E-state index in [9.17, 15) is 19.5 Å². The van der Waals surface area contributed by atoms with E-state index in [0.29, 0.717) is 6.54 Å². The maximum atomic E-state index is 11.3. The molecule has 0 aliphatic carbocycles. The zero-order valence-corrected chi connectivity index (χ0v) is 13.7. The van der Waals surface area contributed by atoms with E-state index in [1.165, 1.54) is 6.92 Å². The number of rotatable bonds is 12. The molecule has 7 N–H and O–H groups in total. The fraction of sp³-hybridized carbons (Fsp3) is 0.786. The first kappa shape index (κ1) is 21.3. The van der Waals surface area contributed by atoms with Crippen LogP contribution < -0.4 is 16.4 Å². The Morgan fingerprint density at radius 2 is 1.48 bits per heavy atom. The second kappa shape index (κ2) is 10.1. The molecule has 5 atom stereocenters. The summed E-state index contributed by atoms with van der Waals surface area (Å²) in [5.41, 5.74) is 5.44. The lowest BCUT2D eigenvalue weighted by Crippen LogP contribution is -2.48. The van der Waals surface area contributed by atoms with Gasteiger partial charge in [-0.25, -0.2) is 0 Å². The number of carbonyl (C=O) groups is 3. The van der Waals surface area contributed by atoms with Crippen LogP contribution in [0.1, 0.15) is 27.2 Å². The number of carboxylic acids is 3. The number of carboxylic acid groups (broad SMARTS) is 3. The summed E-state index contributed by atoms with van der Waals surface area (Å²) in [6, 6.07) is -2.61. The van der Waals surface area contributed by atoms with Crippen LogP contribution in [0.25, 0.3) is 0 Å². The van der Waals surface area contributed by atoms with Gasteiger partial charge in [-0.15, -0.1) is 0 Å². The Hall–Kier alpha value is -1.71. The largest absolute Gasteiger partial charge is 0.480 e. The predicted molar refractivity (Wildman–Crippen MR) is 83.1 cm³/mol. The molecule has 0 aromatic carbocycles. The van der Waals surface area contributed by atoms with E-state index in [1.54, 1.807) is 13.8 Å². The second-order valence-electron chi connectivity index (χ2n) is 5.96. The first-order chi connectivity index (χ1) is 10.6. The van der Waals surface area contributed by atoms with Gasteiger partial charge in [0.05, 0.1) is 0 Å². The lowest BCUT2D eigenvalue weighted by Gasteiger charge is -2.25. The number of nitrogens with one attached hydrogen (secondary N) is 2. The van der Waals surface area contributed by atoms with Gasteiger partial charge in [-0.3, -0.25) is 14.4 Å². The van der Waals surface area contributed by atoms with Gasteiger partial charge in [-0.1, -0.05) is 13.8 Å². The Kier molecular flexibility index (Phi) is 9.38. The van der Waals surface area contributed by atoms with E-state index < -0.39 is 36.0 Å². The predicted octanol–water partition coefficient (Wildman–Crippen LogP) is -0.834. The van der Waals surface area contributed by atoms with Gasteiger partial charge in [-0.2, -0.15) is 0 Å². The van der Waals surface area contributed by atoms with Crippen molar-refractivity contribution >= 4 is 17.9 Å². The Labute approximate surface area is 135 Å². The highest BCUT2D eigenvalue weighted by atomic mass is 16.4. The fourth-order valence-electron chi connectivity index (χ4n) is 2.05. The molecular weight excluding hydrogens is 306 g/mol. The molecule has 0 rings (SSSR count). The quantitative estimate of drug-likeness (QED) is 0.267. The highest BCUT2D eigenvalue weighted by molar-refractivity contribution is 5.74. The van der Waals surface area contributed by atoms with Gasteiger partial charge in [-0.05, 0) is 31.7 Å². The highest BCUT2D eigenvalue weighted by Crippen LogP contribution is 2.08. The van der Waals surface area contributed by atoms with Crippen LogP contribution in [0, 0.1) is 11.8 Å². The minimum atomic E-state index is -1.09. The minimum absolute atomic E-state index is 0.110. The maximum Gasteiger partial charge on any atom is 0.321 e. The average molecular weight is 333 g/mol. The summed E-state index contributed by atoms with van der Waals surface area (Å²) >= 11 is 0. The van der Waals surface area contributed by atoms with Gasteiger partial charge in [0.25, 0.3) is 0 Å². The number of nitrogens with two attached hydrogens (primary N) is 1. The lowest BCUT2D eigenvalue weighted by molar-refractivity contribution is -0.141. The van der Waals surface area contributed by atoms with Crippen LogP contribution in [0.3, 0.4) is 0 Å². The summed E-state index contributed by atoms with van der Waals surface area (Å²) in [6.45, 7) is 5.48. The van der Waals surface area contributed by atoms with Crippen molar-refractivity contribution in [1.29, 1.82) is 0 Å². The van der Waals surface area contributed by atoms with Crippen LogP contribution in [0.15, 0.2) is 0 Å². The molecule has 23 heavy (non-hydrogen) atoms. The van der Waals surface area contributed by atoms with Crippen molar-refractivity contribution < 1.29 is 29.7 Å². The lowest BCUT2D eigenvalue weighted by atomic mass is 9.98. The van der Waals surface area contributed by atoms with Crippen LogP contribution in [-0.4, -0.2) is 64.4 Å². The van der Waals surface area contributed by atoms with Gasteiger partial charge < -0.3 is 31.7 Å². The minimum Gasteiger partial charge on any atom is -0.480 e. The summed E-state index contributed by atoms with van der Waals surface area (Å²) in [6.07, 6.45) is 0.233. The zero-order chi connectivity index (χ0) is 18.2. The molecule has 0 fully saturated rings. The summed E-state index contributed by atoms with van der Waals surface area (Å²) in [5.74, 6) is -3.60. The van der Waals surface area contributed by atoms with Crippen molar-refractivity contribution in [3.05, 3.63) is 0 Å². The first-order valence-electron chi connectivity index (χ1n) is 7.47. The van der Waals surface area contributed by atoms with Gasteiger partial charge in [0.1, 0.15) is 18.1 Å². The van der Waals surface area contributed by atoms with Crippen molar-refractivity contribution in [2.45, 2.75) is 45.3 Å². The van der Waals surface area contributed by atoms with E-state index in [2.05, 4.69) is 10.6 Å². The van der Waals surface area contributed by atoms with E-state index in [-0.39, 0.29) is 24.8 Å². The van der Waals surface area contributed by atoms with Gasteiger partial charge in [0.2, 0.25) is 0 Å². The van der Waals surface area contributed by atoms with Crippen LogP contribution in [0.4, 0.5) is 0 Å². The molecule has 0 aromatic heterocycles. The average Bonchev–Trinajstić information content (AvgIpc) is 2.43. The molecule has 0 aliphatic rings. The molecule has 0 radical (unpaired) electrons. The van der Waals surface area contributed by atoms with Gasteiger partial charge in [0.15, 0.2) is 0 Å². The molecule has 0 spiro atoms. The smallest absolute Gasteiger partial charge is 0.321 e. The van der Waals surface area contributed by atoms with Gasteiger partial charge in [0, 0.05) is 6.54 Å². The number of hydrogen-bond acceptors (Lipinski definition) is 6. The molecule has 0 bridgehead atoms. The van der Waals surface area contributed by atoms with E-state index >= 15 is 0 Å². The van der Waals surface area contributed by atoms with E-state index in [1.807, 2.05) is 0 Å². The molecule has 9 heteroatoms. The maximum absolute atomic E-state index is 11.3. The number of hydrogen-bond donors (Lipinski definition) is 6. The Balaban J connectivity index is 4.42. The van der Waals surface area contributed by atoms with Crippen molar-refractivity contribution in [1.82, 2.24) is 10.6 Å². The van der Waals surface area contributed by atoms with Crippen molar-refractivity contribution in [3.8, 4) is 0 Å². The summed E-state index contributed by atoms with van der Waals surface area (Å²) in [4.78, 5) is 32.8. The molecule has 0 aliphatic heterocycles. The molecular formula is C14H27N3O6. The summed E-state index contributed by atoms with van der Waals surface area (Å²) in [7, 11) is 0. The van der Waals surface area contributed by atoms with Crippen LogP contribution in [0.2, 0.25) is 0 Å². The van der Waals surface area contributed by atoms with Crippen molar-refractivity contribution in [2.24, 2.45) is 17.6 Å². The monoisotopic (exact) mass is 333 g/mol. The molecule has 134 valence electrons. The summed E-state index contributed by atoms with van der Waals surface area (Å²) in [5, 5.41) is 32.5. The summed E-state index contributed by atoms with van der Waals surface area (Å²) < 4.78 is 0. The van der Waals surface area contributed by atoms with E-state index in [0.717, 1.165) is 0 Å². The Bertz CT molecular complexity index is 417. The zero-order valence-electron chi connectivity index (χ0n) is 13.7. The SMILES string of the molecule is CC(CNC(C(=O)O)C(C)CNC(C)C(=O)O)CC(N)C(=O)O. The van der Waals surface area contributed by atoms with Gasteiger partial charge >= 0.3 is 17.9 Å². The topological polar surface area (TPSA) is 162 Å². The first-order valence-corrected chi connectivity index (χ1v) is 7.47. The highest BCUT2D eigenvalue weighted by Gasteiger charge is 2.26. The van der Waals surface area contributed by atoms with Crippen molar-refractivity contribution in [3.63, 3.8) is 0 Å². The third-order valence-electron chi connectivity index (χ3n) is 3.61. The molecule has 0 heterocycles. The molecule has 0 saturated heterocycles. The third-order valence-corrected chi connectivity index (χ3v) is 3.61. The molecule has 5 unspecified atom stereocenters. The molecule has 0 aromatic rings. The molecule has 0 amide bonds. The van der Waals surface area contributed by atoms with Crippen LogP contribution >= 0.6 is 0 Å². The van der Waals surface area contributed by atoms with Crippen LogP contribution in [0.5, 0.6) is 0 Å². The second-order valence-corrected chi connectivity index (χ2v) is 5.96. The Morgan fingerprint density at radius 1 is 0.913 bits per heavy atom. The van der Waals surface area contributed by atoms with E-state index in [4.69, 9.17) is 15.9 Å². The Morgan fingerprint density at radius 3 is 1.91 bits per heavy atom. The van der Waals surface area contributed by atoms with Crippen LogP contribution in [-0.2, 0) is 14.4 Å². The number of aliphatic carboxylic acids is 3. The standard InChI is InChI=1S/C14H27N3O6/c1-7(4-10(15)13(20)21)5-17-11(14(22)23)8(2)6-16-9(3)12(18)19/h7-11,16-17H,4-6,15H2,1-3H3,(H,18,19)(H,20,21)(H,22,23). The molecule has 9 nitrogen and oxygen atoms in total. The normalized spacial score (nSPS) is 17.7. The fourth-order valence-corrected chi connectivity index (χ4v) is 2.05.